The molecule has 3 aromatic rings. The molecular formula is C20H27N7O3S. The Hall–Kier alpha value is -2.91. The lowest BCUT2D eigenvalue weighted by Gasteiger charge is -2.16. The highest BCUT2D eigenvalue weighted by Gasteiger charge is 2.24. The van der Waals surface area contributed by atoms with E-state index in [1.165, 1.54) is 0 Å². The van der Waals surface area contributed by atoms with Gasteiger partial charge in [-0.1, -0.05) is 6.07 Å². The molecule has 0 aromatic carbocycles. The molecule has 0 aliphatic rings. The molecule has 1 amide bonds. The summed E-state index contributed by atoms with van der Waals surface area (Å²) in [6.07, 6.45) is 1.65. The first-order chi connectivity index (χ1) is 14.7. The Labute approximate surface area is 184 Å². The Morgan fingerprint density at radius 3 is 2.68 bits per heavy atom. The van der Waals surface area contributed by atoms with Gasteiger partial charge in [0.25, 0.3) is 11.7 Å². The number of anilines is 1. The molecule has 3 aromatic heterocycles. The number of likely N-dealkylation sites (N-methyl/N-ethyl adjacent to an activating group) is 1. The van der Waals surface area contributed by atoms with Gasteiger partial charge in [-0.15, -0.1) is 16.4 Å². The summed E-state index contributed by atoms with van der Waals surface area (Å²) in [5, 5.41) is 28.9. The van der Waals surface area contributed by atoms with Crippen molar-refractivity contribution in [3.05, 3.63) is 29.8 Å². The van der Waals surface area contributed by atoms with Gasteiger partial charge in [-0.3, -0.25) is 10.1 Å². The minimum absolute atomic E-state index is 0.155. The fourth-order valence-corrected chi connectivity index (χ4v) is 3.26. The van der Waals surface area contributed by atoms with Gasteiger partial charge < -0.3 is 15.2 Å². The normalized spacial score (nSPS) is 13.1. The molecule has 2 atom stereocenters. The quantitative estimate of drug-likeness (QED) is 0.492. The summed E-state index contributed by atoms with van der Waals surface area (Å²) in [6, 6.07) is 7.18. The zero-order valence-electron chi connectivity index (χ0n) is 18.2. The Bertz CT molecular complexity index is 1020. The minimum atomic E-state index is -0.647. The van der Waals surface area contributed by atoms with E-state index in [9.17, 15) is 4.79 Å². The fourth-order valence-electron chi connectivity index (χ4n) is 2.52. The molecule has 0 spiro atoms. The monoisotopic (exact) mass is 445 g/mol. The van der Waals surface area contributed by atoms with Gasteiger partial charge in [-0.25, -0.2) is 4.98 Å². The number of amides is 1. The van der Waals surface area contributed by atoms with E-state index in [4.69, 9.17) is 15.1 Å². The summed E-state index contributed by atoms with van der Waals surface area (Å²) in [6.45, 7) is 7.16. The molecule has 166 valence electrons. The number of aliphatic hydroxyl groups excluding tert-OH is 1. The first-order valence-electron chi connectivity index (χ1n) is 9.58. The zero-order valence-corrected chi connectivity index (χ0v) is 19.0. The molecule has 0 saturated heterocycles. The van der Waals surface area contributed by atoms with Crippen molar-refractivity contribution in [2.75, 3.05) is 19.2 Å². The maximum atomic E-state index is 12.3. The molecule has 3 N–H and O–H groups in total. The van der Waals surface area contributed by atoms with Crippen LogP contribution in [0.4, 0.5) is 5.95 Å². The fraction of sp³-hybridized carbons (Fsp3) is 0.450. The van der Waals surface area contributed by atoms with E-state index in [2.05, 4.69) is 31.8 Å². The van der Waals surface area contributed by atoms with Crippen LogP contribution in [-0.4, -0.2) is 56.1 Å². The number of hydrogen-bond donors (Lipinski definition) is 3. The van der Waals surface area contributed by atoms with Crippen LogP contribution in [0.3, 0.4) is 0 Å². The summed E-state index contributed by atoms with van der Waals surface area (Å²) in [4.78, 5) is 21.7. The van der Waals surface area contributed by atoms with Crippen LogP contribution < -0.4 is 10.6 Å². The summed E-state index contributed by atoms with van der Waals surface area (Å²) in [7, 11) is 1.63. The molecule has 11 heteroatoms. The van der Waals surface area contributed by atoms with Crippen LogP contribution in [0.5, 0.6) is 0 Å². The lowest BCUT2D eigenvalue weighted by atomic mass is 10.0. The summed E-state index contributed by atoms with van der Waals surface area (Å²) in [5.74, 6) is -0.292. The number of aliphatic hydroxyl groups is 1. The van der Waals surface area contributed by atoms with E-state index >= 15 is 0 Å². The predicted molar refractivity (Wildman–Crippen MR) is 118 cm³/mol. The number of nitrogens with one attached hydrogen (secondary N) is 2. The predicted octanol–water partition coefficient (Wildman–Crippen LogP) is 2.29. The maximum absolute atomic E-state index is 12.3. The van der Waals surface area contributed by atoms with E-state index in [1.807, 2.05) is 44.4 Å². The molecule has 0 aliphatic heterocycles. The number of carbonyl (C=O) groups excluding carboxylic acids is 1. The van der Waals surface area contributed by atoms with E-state index in [0.29, 0.717) is 5.78 Å². The molecule has 0 bridgehead atoms. The van der Waals surface area contributed by atoms with Crippen molar-refractivity contribution in [3.8, 4) is 16.6 Å². The number of ether oxygens (including phenoxy) is 1. The molecular weight excluding hydrogens is 418 g/mol. The second-order valence-corrected chi connectivity index (χ2v) is 8.46. The van der Waals surface area contributed by atoms with Gasteiger partial charge in [0.05, 0.1) is 28.2 Å². The van der Waals surface area contributed by atoms with Gasteiger partial charge in [0.2, 0.25) is 5.91 Å². The van der Waals surface area contributed by atoms with Crippen LogP contribution in [0.15, 0.2) is 29.8 Å². The van der Waals surface area contributed by atoms with Crippen LogP contribution >= 0.6 is 11.3 Å². The van der Waals surface area contributed by atoms with Gasteiger partial charge >= 0.3 is 0 Å². The highest BCUT2D eigenvalue weighted by molar-refractivity contribution is 7.13. The number of nitrogens with zero attached hydrogens (tertiary/aromatic N) is 5. The Morgan fingerprint density at radius 1 is 1.42 bits per heavy atom. The van der Waals surface area contributed by atoms with Gasteiger partial charge in [0, 0.05) is 6.20 Å². The number of fused-ring (bicyclic) bond motifs is 1. The van der Waals surface area contributed by atoms with Crippen molar-refractivity contribution < 1.29 is 14.6 Å². The van der Waals surface area contributed by atoms with Crippen LogP contribution in [0.1, 0.15) is 27.7 Å². The van der Waals surface area contributed by atoms with Gasteiger partial charge in [-0.05, 0) is 52.3 Å². The van der Waals surface area contributed by atoms with E-state index in [1.54, 1.807) is 36.0 Å². The molecule has 31 heavy (non-hydrogen) atoms. The SMILES string of the molecule is CC(C)(C)OCO.CNC(C(=O)Nc1nc2nccc(-c3cccs3)n2n1)C(C)C#N. The number of nitriles is 1. The first kappa shape index (κ1) is 24.4. The number of carbonyl (C=O) groups is 1. The Balaban J connectivity index is 0.000000423. The summed E-state index contributed by atoms with van der Waals surface area (Å²) in [5.41, 5.74) is 0.646. The van der Waals surface area contributed by atoms with Crippen LogP contribution in [-0.2, 0) is 9.53 Å². The van der Waals surface area contributed by atoms with Crippen LogP contribution in [0, 0.1) is 17.2 Å². The molecule has 0 radical (unpaired) electrons. The topological polar surface area (TPSA) is 137 Å². The average molecular weight is 446 g/mol. The molecule has 0 saturated carbocycles. The van der Waals surface area contributed by atoms with E-state index in [-0.39, 0.29) is 24.2 Å². The maximum Gasteiger partial charge on any atom is 0.254 e. The molecule has 10 nitrogen and oxygen atoms in total. The van der Waals surface area contributed by atoms with E-state index < -0.39 is 12.0 Å². The number of hydrogen-bond acceptors (Lipinski definition) is 9. The molecule has 0 fully saturated rings. The first-order valence-corrected chi connectivity index (χ1v) is 10.5. The number of rotatable bonds is 6. The smallest absolute Gasteiger partial charge is 0.254 e. The van der Waals surface area contributed by atoms with Gasteiger partial charge in [-0.2, -0.15) is 14.8 Å². The van der Waals surface area contributed by atoms with Gasteiger partial charge in [0.15, 0.2) is 0 Å². The third kappa shape index (κ3) is 6.80. The van der Waals surface area contributed by atoms with Crippen LogP contribution in [0.2, 0.25) is 0 Å². The van der Waals surface area contributed by atoms with Crippen molar-refractivity contribution >= 4 is 29.0 Å². The van der Waals surface area contributed by atoms with E-state index in [0.717, 1.165) is 10.6 Å². The van der Waals surface area contributed by atoms with Crippen LogP contribution in [0.25, 0.3) is 16.3 Å². The lowest BCUT2D eigenvalue weighted by molar-refractivity contribution is -0.118. The van der Waals surface area contributed by atoms with Crippen molar-refractivity contribution in [1.82, 2.24) is 24.9 Å². The molecule has 3 heterocycles. The second-order valence-electron chi connectivity index (χ2n) is 7.51. The summed E-state index contributed by atoms with van der Waals surface area (Å²) >= 11 is 1.58. The molecule has 3 rings (SSSR count). The van der Waals surface area contributed by atoms with Crippen molar-refractivity contribution in [3.63, 3.8) is 0 Å². The minimum Gasteiger partial charge on any atom is -0.371 e. The number of aromatic nitrogens is 4. The molecule has 0 aliphatic carbocycles. The molecule has 2 unspecified atom stereocenters. The largest absolute Gasteiger partial charge is 0.371 e. The van der Waals surface area contributed by atoms with Gasteiger partial charge in [0.1, 0.15) is 12.8 Å². The highest BCUT2D eigenvalue weighted by atomic mass is 32.1. The Kier molecular flexibility index (Phi) is 8.58. The highest BCUT2D eigenvalue weighted by Crippen LogP contribution is 2.24. The summed E-state index contributed by atoms with van der Waals surface area (Å²) < 4.78 is 6.37. The zero-order chi connectivity index (χ0) is 23.0. The van der Waals surface area contributed by atoms with Crippen molar-refractivity contribution in [2.24, 2.45) is 5.92 Å². The van der Waals surface area contributed by atoms with Crippen molar-refractivity contribution in [1.29, 1.82) is 5.26 Å². The Morgan fingerprint density at radius 2 is 2.16 bits per heavy atom. The lowest BCUT2D eigenvalue weighted by Crippen LogP contribution is -2.43. The second kappa shape index (κ2) is 10.9. The third-order valence-electron chi connectivity index (χ3n) is 4.04. The number of thiophene rings is 1. The van der Waals surface area contributed by atoms with Crippen molar-refractivity contribution in [2.45, 2.75) is 39.3 Å². The third-order valence-corrected chi connectivity index (χ3v) is 4.94. The standard InChI is InChI=1S/C15H15N7OS.C5H12O2/c1-9(8-16)12(17-2)13(23)19-14-20-15-18-6-5-10(22(15)21-14)11-4-3-7-24-11;1-5(2,3)7-4-6/h3-7,9,12,17H,1-2H3,(H,19,21,23);6H,4H2,1-3H3. The average Bonchev–Trinajstić information content (AvgIpc) is 3.37.